The van der Waals surface area contributed by atoms with Crippen molar-refractivity contribution in [1.29, 1.82) is 0 Å². The number of aliphatic carboxylic acids is 1. The zero-order valence-electron chi connectivity index (χ0n) is 12.0. The van der Waals surface area contributed by atoms with Crippen molar-refractivity contribution < 1.29 is 15.0 Å². The highest BCUT2D eigenvalue weighted by atomic mass is 79.9. The quantitative estimate of drug-likeness (QED) is 0.834. The Bertz CT molecular complexity index is 748. The lowest BCUT2D eigenvalue weighted by Gasteiger charge is -2.26. The second-order valence-corrected chi connectivity index (χ2v) is 7.33. The van der Waals surface area contributed by atoms with Crippen LogP contribution in [0, 0.1) is 0 Å². The Balaban J connectivity index is 2.03. The lowest BCUT2D eigenvalue weighted by molar-refractivity contribution is -0.138. The Morgan fingerprint density at radius 3 is 2.43 bits per heavy atom. The number of rotatable bonds is 4. The standard InChI is InChI=1S/C17H14BrNO3S/c18-13-8-6-12(7-9-13)17(22)14(10-15(20)21)23-16(19-17)11-4-2-1-3-5-11/h1-9,14,22H,10H2,(H,20,21). The Hall–Kier alpha value is -1.63. The third-order valence-corrected chi connectivity index (χ3v) is 5.48. The van der Waals surface area contributed by atoms with Gasteiger partial charge in [-0.15, -0.1) is 0 Å². The van der Waals surface area contributed by atoms with E-state index in [2.05, 4.69) is 20.9 Å². The molecule has 1 aliphatic heterocycles. The molecule has 1 aliphatic rings. The minimum Gasteiger partial charge on any atom is -0.481 e. The van der Waals surface area contributed by atoms with E-state index in [-0.39, 0.29) is 6.42 Å². The number of hydrogen-bond acceptors (Lipinski definition) is 4. The molecule has 23 heavy (non-hydrogen) atoms. The lowest BCUT2D eigenvalue weighted by atomic mass is 9.97. The van der Waals surface area contributed by atoms with Gasteiger partial charge in [-0.3, -0.25) is 4.79 Å². The average molecular weight is 392 g/mol. The molecule has 0 radical (unpaired) electrons. The van der Waals surface area contributed by atoms with Crippen molar-refractivity contribution in [2.24, 2.45) is 4.99 Å². The van der Waals surface area contributed by atoms with E-state index in [9.17, 15) is 15.0 Å². The summed E-state index contributed by atoms with van der Waals surface area (Å²) in [6, 6.07) is 16.6. The van der Waals surface area contributed by atoms with Crippen molar-refractivity contribution >= 4 is 38.7 Å². The van der Waals surface area contributed by atoms with Gasteiger partial charge in [-0.05, 0) is 12.1 Å². The molecule has 1 heterocycles. The van der Waals surface area contributed by atoms with Crippen molar-refractivity contribution in [1.82, 2.24) is 0 Å². The van der Waals surface area contributed by atoms with E-state index in [4.69, 9.17) is 0 Å². The topological polar surface area (TPSA) is 69.9 Å². The zero-order valence-corrected chi connectivity index (χ0v) is 14.4. The van der Waals surface area contributed by atoms with Crippen LogP contribution in [0.2, 0.25) is 0 Å². The fourth-order valence-corrected chi connectivity index (χ4v) is 4.05. The fraction of sp³-hybridized carbons (Fsp3) is 0.176. The summed E-state index contributed by atoms with van der Waals surface area (Å²) in [4.78, 5) is 15.7. The van der Waals surface area contributed by atoms with E-state index in [1.54, 1.807) is 12.1 Å². The minimum atomic E-state index is -1.55. The van der Waals surface area contributed by atoms with E-state index < -0.39 is 16.9 Å². The summed E-state index contributed by atoms with van der Waals surface area (Å²) in [5, 5.41) is 20.4. The van der Waals surface area contributed by atoms with Crippen LogP contribution >= 0.6 is 27.7 Å². The highest BCUT2D eigenvalue weighted by molar-refractivity contribution is 9.10. The van der Waals surface area contributed by atoms with Gasteiger partial charge in [-0.25, -0.2) is 4.99 Å². The molecule has 0 aliphatic carbocycles. The second kappa shape index (κ2) is 6.47. The Morgan fingerprint density at radius 2 is 1.83 bits per heavy atom. The van der Waals surface area contributed by atoms with Gasteiger partial charge in [0.15, 0.2) is 5.72 Å². The first kappa shape index (κ1) is 16.2. The summed E-state index contributed by atoms with van der Waals surface area (Å²) in [6.07, 6.45) is -0.170. The van der Waals surface area contributed by atoms with Crippen LogP contribution in [0.25, 0.3) is 0 Å². The summed E-state index contributed by atoms with van der Waals surface area (Å²) in [6.45, 7) is 0. The molecule has 0 saturated heterocycles. The van der Waals surface area contributed by atoms with Gasteiger partial charge in [0, 0.05) is 15.6 Å². The molecule has 2 N–H and O–H groups in total. The van der Waals surface area contributed by atoms with Crippen LogP contribution < -0.4 is 0 Å². The molecule has 0 saturated carbocycles. The maximum atomic E-state index is 11.2. The molecule has 118 valence electrons. The maximum Gasteiger partial charge on any atom is 0.304 e. The summed E-state index contributed by atoms with van der Waals surface area (Å²) in [5.74, 6) is -0.956. The summed E-state index contributed by atoms with van der Waals surface area (Å²) >= 11 is 4.66. The predicted octanol–water partition coefficient (Wildman–Crippen LogP) is 3.63. The van der Waals surface area contributed by atoms with Crippen LogP contribution in [0.3, 0.4) is 0 Å². The van der Waals surface area contributed by atoms with Gasteiger partial charge in [-0.1, -0.05) is 70.2 Å². The van der Waals surface area contributed by atoms with Crippen molar-refractivity contribution in [3.8, 4) is 0 Å². The summed E-state index contributed by atoms with van der Waals surface area (Å²) in [7, 11) is 0. The van der Waals surface area contributed by atoms with E-state index in [0.717, 1.165) is 10.0 Å². The zero-order chi connectivity index (χ0) is 16.4. The van der Waals surface area contributed by atoms with Gasteiger partial charge in [0.1, 0.15) is 5.04 Å². The summed E-state index contributed by atoms with van der Waals surface area (Å²) < 4.78 is 0.887. The highest BCUT2D eigenvalue weighted by Crippen LogP contribution is 2.44. The smallest absolute Gasteiger partial charge is 0.304 e. The average Bonchev–Trinajstić information content (AvgIpc) is 2.86. The molecule has 0 bridgehead atoms. The Kier molecular flexibility index (Phi) is 4.57. The first-order valence-corrected chi connectivity index (χ1v) is 8.68. The number of aliphatic hydroxyl groups is 1. The van der Waals surface area contributed by atoms with E-state index in [0.29, 0.717) is 10.6 Å². The van der Waals surface area contributed by atoms with E-state index >= 15 is 0 Å². The van der Waals surface area contributed by atoms with Crippen LogP contribution in [0.1, 0.15) is 17.5 Å². The number of carbonyl (C=O) groups is 1. The molecule has 2 aromatic carbocycles. The second-order valence-electron chi connectivity index (χ2n) is 5.22. The molecule has 0 amide bonds. The number of aliphatic imine (C=N–C) groups is 1. The minimum absolute atomic E-state index is 0.170. The van der Waals surface area contributed by atoms with Crippen LogP contribution in [0.4, 0.5) is 0 Å². The van der Waals surface area contributed by atoms with Gasteiger partial charge < -0.3 is 10.2 Å². The van der Waals surface area contributed by atoms with E-state index in [1.165, 1.54) is 11.8 Å². The molecule has 0 fully saturated rings. The number of nitrogens with zero attached hydrogens (tertiary/aromatic N) is 1. The Labute approximate surface area is 146 Å². The third-order valence-electron chi connectivity index (χ3n) is 3.62. The molecular weight excluding hydrogens is 378 g/mol. The van der Waals surface area contributed by atoms with Crippen molar-refractivity contribution in [2.75, 3.05) is 0 Å². The van der Waals surface area contributed by atoms with Crippen LogP contribution in [0.15, 0.2) is 64.1 Å². The van der Waals surface area contributed by atoms with Gasteiger partial charge >= 0.3 is 5.97 Å². The van der Waals surface area contributed by atoms with Crippen LogP contribution in [0.5, 0.6) is 0 Å². The van der Waals surface area contributed by atoms with Crippen LogP contribution in [-0.4, -0.2) is 26.5 Å². The van der Waals surface area contributed by atoms with Crippen molar-refractivity contribution in [2.45, 2.75) is 17.4 Å². The van der Waals surface area contributed by atoms with Crippen molar-refractivity contribution in [3.63, 3.8) is 0 Å². The molecule has 4 nitrogen and oxygen atoms in total. The number of benzene rings is 2. The van der Waals surface area contributed by atoms with Gasteiger partial charge in [0.25, 0.3) is 0 Å². The molecule has 0 aromatic heterocycles. The normalized spacial score (nSPS) is 23.6. The first-order chi connectivity index (χ1) is 11.0. The lowest BCUT2D eigenvalue weighted by Crippen LogP contribution is -2.34. The Morgan fingerprint density at radius 1 is 1.17 bits per heavy atom. The number of carboxylic acids is 1. The molecule has 2 unspecified atom stereocenters. The first-order valence-electron chi connectivity index (χ1n) is 7.01. The number of thioether (sulfide) groups is 1. The molecule has 2 atom stereocenters. The summed E-state index contributed by atoms with van der Waals surface area (Å²) in [5.41, 5.74) is -0.0825. The molecular formula is C17H14BrNO3S. The molecule has 3 rings (SSSR count). The highest BCUT2D eigenvalue weighted by Gasteiger charge is 2.46. The molecule has 2 aromatic rings. The van der Waals surface area contributed by atoms with Gasteiger partial charge in [0.05, 0.1) is 11.7 Å². The van der Waals surface area contributed by atoms with Crippen molar-refractivity contribution in [3.05, 3.63) is 70.2 Å². The largest absolute Gasteiger partial charge is 0.481 e. The number of halogens is 1. The molecule has 0 spiro atoms. The van der Waals surface area contributed by atoms with Crippen LogP contribution in [-0.2, 0) is 10.5 Å². The fourth-order valence-electron chi connectivity index (χ4n) is 2.47. The third kappa shape index (κ3) is 3.34. The molecule has 6 heteroatoms. The van der Waals surface area contributed by atoms with Gasteiger partial charge in [0.2, 0.25) is 0 Å². The maximum absolute atomic E-state index is 11.2. The van der Waals surface area contributed by atoms with E-state index in [1.807, 2.05) is 42.5 Å². The van der Waals surface area contributed by atoms with Gasteiger partial charge in [-0.2, -0.15) is 0 Å². The predicted molar refractivity (Wildman–Crippen MR) is 94.6 cm³/mol. The number of carboxylic acid groups (broad SMARTS) is 1. The monoisotopic (exact) mass is 391 g/mol. The SMILES string of the molecule is O=C(O)CC1SC(c2ccccc2)=NC1(O)c1ccc(Br)cc1. The number of hydrogen-bond donors (Lipinski definition) is 2.